The number of rotatable bonds is 2. The Hall–Kier alpha value is -1.23. The summed E-state index contributed by atoms with van der Waals surface area (Å²) in [7, 11) is 0. The molecule has 13 heavy (non-hydrogen) atoms. The van der Waals surface area contributed by atoms with Gasteiger partial charge in [-0.3, -0.25) is 4.98 Å². The van der Waals surface area contributed by atoms with Crippen molar-refractivity contribution in [2.45, 2.75) is 18.9 Å². The fourth-order valence-corrected chi connectivity index (χ4v) is 1.97. The molecule has 1 aliphatic carbocycles. The van der Waals surface area contributed by atoms with Crippen molar-refractivity contribution in [3.8, 4) is 10.7 Å². The normalized spacial score (nSPS) is 16.3. The van der Waals surface area contributed by atoms with E-state index in [4.69, 9.17) is 0 Å². The third kappa shape index (κ3) is 1.16. The molecule has 0 atom stereocenters. The third-order valence-electron chi connectivity index (χ3n) is 2.17. The van der Waals surface area contributed by atoms with Crippen molar-refractivity contribution in [1.82, 2.24) is 19.7 Å². The van der Waals surface area contributed by atoms with E-state index < -0.39 is 0 Å². The summed E-state index contributed by atoms with van der Waals surface area (Å²) in [6, 6.07) is 0.632. The van der Waals surface area contributed by atoms with E-state index in [0.717, 1.165) is 10.7 Å². The van der Waals surface area contributed by atoms with Gasteiger partial charge in [-0.1, -0.05) is 0 Å². The van der Waals surface area contributed by atoms with Crippen molar-refractivity contribution in [1.29, 1.82) is 0 Å². The predicted molar refractivity (Wildman–Crippen MR) is 49.4 cm³/mol. The first-order chi connectivity index (χ1) is 6.45. The molecule has 4 nitrogen and oxygen atoms in total. The highest BCUT2D eigenvalue weighted by atomic mass is 32.1. The minimum absolute atomic E-state index is 0.632. The second-order valence-electron chi connectivity index (χ2n) is 3.16. The van der Waals surface area contributed by atoms with Gasteiger partial charge < -0.3 is 4.57 Å². The monoisotopic (exact) mass is 192 g/mol. The Kier molecular flexibility index (Phi) is 1.46. The van der Waals surface area contributed by atoms with Gasteiger partial charge in [0.05, 0.1) is 10.4 Å². The number of thiazole rings is 1. The first-order valence-corrected chi connectivity index (χ1v) is 5.11. The highest BCUT2D eigenvalue weighted by Gasteiger charge is 2.26. The maximum atomic E-state index is 4.10. The van der Waals surface area contributed by atoms with Crippen molar-refractivity contribution < 1.29 is 0 Å². The van der Waals surface area contributed by atoms with Crippen molar-refractivity contribution in [3.63, 3.8) is 0 Å². The summed E-state index contributed by atoms with van der Waals surface area (Å²) >= 11 is 1.61. The molecule has 1 fully saturated rings. The van der Waals surface area contributed by atoms with Crippen LogP contribution in [0.2, 0.25) is 0 Å². The maximum absolute atomic E-state index is 4.10. The van der Waals surface area contributed by atoms with Crippen LogP contribution in [0.15, 0.2) is 18.0 Å². The lowest BCUT2D eigenvalue weighted by molar-refractivity contribution is 0.747. The van der Waals surface area contributed by atoms with E-state index in [1.165, 1.54) is 12.8 Å². The maximum Gasteiger partial charge on any atom is 0.175 e. The Morgan fingerprint density at radius 2 is 2.38 bits per heavy atom. The molecule has 3 rings (SSSR count). The zero-order valence-electron chi connectivity index (χ0n) is 6.92. The van der Waals surface area contributed by atoms with Crippen molar-refractivity contribution >= 4 is 11.3 Å². The van der Waals surface area contributed by atoms with Gasteiger partial charge in [-0.25, -0.2) is 0 Å². The van der Waals surface area contributed by atoms with Gasteiger partial charge in [0, 0.05) is 12.2 Å². The molecule has 0 radical (unpaired) electrons. The predicted octanol–water partition coefficient (Wildman–Crippen LogP) is 1.74. The van der Waals surface area contributed by atoms with E-state index in [9.17, 15) is 0 Å². The average Bonchev–Trinajstić information content (AvgIpc) is 2.72. The zero-order chi connectivity index (χ0) is 8.67. The van der Waals surface area contributed by atoms with Gasteiger partial charge >= 0.3 is 0 Å². The Labute approximate surface area is 79.3 Å². The molecule has 1 saturated carbocycles. The lowest BCUT2D eigenvalue weighted by Crippen LogP contribution is -1.93. The molecule has 2 aromatic rings. The molecule has 0 saturated heterocycles. The molecule has 0 unspecified atom stereocenters. The lowest BCUT2D eigenvalue weighted by Gasteiger charge is -2.00. The zero-order valence-corrected chi connectivity index (χ0v) is 7.74. The standard InChI is InChI=1S/C8H8N4S/c1-2-6(1)12-4-10-11-8(12)7-3-9-5-13-7/h3-6H,1-2H2. The Balaban J connectivity index is 2.08. The van der Waals surface area contributed by atoms with Crippen LogP contribution in [0.4, 0.5) is 0 Å². The van der Waals surface area contributed by atoms with Crippen LogP contribution in [-0.4, -0.2) is 19.7 Å². The molecule has 0 amide bonds. The molecule has 0 N–H and O–H groups in total. The van der Waals surface area contributed by atoms with E-state index in [0.29, 0.717) is 6.04 Å². The highest BCUT2D eigenvalue weighted by Crippen LogP contribution is 2.37. The average molecular weight is 192 g/mol. The van der Waals surface area contributed by atoms with Gasteiger partial charge in [-0.05, 0) is 12.8 Å². The Morgan fingerprint density at radius 1 is 1.46 bits per heavy atom. The van der Waals surface area contributed by atoms with Gasteiger partial charge in [-0.15, -0.1) is 21.5 Å². The summed E-state index contributed by atoms with van der Waals surface area (Å²) < 4.78 is 2.15. The topological polar surface area (TPSA) is 43.6 Å². The van der Waals surface area contributed by atoms with Gasteiger partial charge in [0.2, 0.25) is 0 Å². The van der Waals surface area contributed by atoms with Crippen molar-refractivity contribution in [3.05, 3.63) is 18.0 Å². The summed E-state index contributed by atoms with van der Waals surface area (Å²) in [5.74, 6) is 0.963. The van der Waals surface area contributed by atoms with Gasteiger partial charge in [0.25, 0.3) is 0 Å². The minimum Gasteiger partial charge on any atom is -0.310 e. The summed E-state index contributed by atoms with van der Waals surface area (Å²) in [5, 5.41) is 8.03. The molecule has 0 aromatic carbocycles. The smallest absolute Gasteiger partial charge is 0.175 e. The molecule has 0 spiro atoms. The summed E-state index contributed by atoms with van der Waals surface area (Å²) in [5.41, 5.74) is 1.82. The fourth-order valence-electron chi connectivity index (χ4n) is 1.37. The quantitative estimate of drug-likeness (QED) is 0.727. The van der Waals surface area contributed by atoms with E-state index in [1.54, 1.807) is 11.3 Å². The molecule has 0 aliphatic heterocycles. The molecule has 2 aromatic heterocycles. The third-order valence-corrected chi connectivity index (χ3v) is 2.94. The van der Waals surface area contributed by atoms with Crippen LogP contribution in [0.1, 0.15) is 18.9 Å². The van der Waals surface area contributed by atoms with Crippen molar-refractivity contribution in [2.24, 2.45) is 0 Å². The molecule has 0 bridgehead atoms. The SMILES string of the molecule is c1ncc(-c2nncn2C2CC2)s1. The summed E-state index contributed by atoms with van der Waals surface area (Å²) in [6.45, 7) is 0. The van der Waals surface area contributed by atoms with Crippen LogP contribution in [0.5, 0.6) is 0 Å². The van der Waals surface area contributed by atoms with Crippen LogP contribution in [0, 0.1) is 0 Å². The van der Waals surface area contributed by atoms with E-state index in [2.05, 4.69) is 19.7 Å². The lowest BCUT2D eigenvalue weighted by atomic mass is 10.5. The second-order valence-corrected chi connectivity index (χ2v) is 4.05. The molecule has 1 aliphatic rings. The number of nitrogens with zero attached hydrogens (tertiary/aromatic N) is 4. The summed E-state index contributed by atoms with van der Waals surface area (Å²) in [6.07, 6.45) is 6.16. The second kappa shape index (κ2) is 2.63. The van der Waals surface area contributed by atoms with Crippen LogP contribution in [0.25, 0.3) is 10.7 Å². The molecule has 5 heteroatoms. The van der Waals surface area contributed by atoms with Crippen LogP contribution < -0.4 is 0 Å². The highest BCUT2D eigenvalue weighted by molar-refractivity contribution is 7.13. The van der Waals surface area contributed by atoms with Crippen LogP contribution >= 0.6 is 11.3 Å². The van der Waals surface area contributed by atoms with Gasteiger partial charge in [-0.2, -0.15) is 0 Å². The molecular weight excluding hydrogens is 184 g/mol. The Bertz CT molecular complexity index is 401. The summed E-state index contributed by atoms with van der Waals surface area (Å²) in [4.78, 5) is 5.14. The largest absolute Gasteiger partial charge is 0.310 e. The molecular formula is C8H8N4S. The minimum atomic E-state index is 0.632. The fraction of sp³-hybridized carbons (Fsp3) is 0.375. The number of aromatic nitrogens is 4. The first-order valence-electron chi connectivity index (χ1n) is 4.23. The Morgan fingerprint density at radius 3 is 3.08 bits per heavy atom. The number of hydrogen-bond donors (Lipinski definition) is 0. The van der Waals surface area contributed by atoms with E-state index in [-0.39, 0.29) is 0 Å². The van der Waals surface area contributed by atoms with Crippen molar-refractivity contribution in [2.75, 3.05) is 0 Å². The number of hydrogen-bond acceptors (Lipinski definition) is 4. The molecule has 2 heterocycles. The molecule has 66 valence electrons. The first kappa shape index (κ1) is 7.20. The van der Waals surface area contributed by atoms with E-state index >= 15 is 0 Å². The van der Waals surface area contributed by atoms with Crippen LogP contribution in [-0.2, 0) is 0 Å². The van der Waals surface area contributed by atoms with Crippen LogP contribution in [0.3, 0.4) is 0 Å². The van der Waals surface area contributed by atoms with Gasteiger partial charge in [0.1, 0.15) is 6.33 Å². The van der Waals surface area contributed by atoms with Gasteiger partial charge in [0.15, 0.2) is 5.82 Å². The van der Waals surface area contributed by atoms with E-state index in [1.807, 2.05) is 18.0 Å².